The molecule has 6 heteroatoms. The lowest BCUT2D eigenvalue weighted by Crippen LogP contribution is -2.61. The number of carbonyl (C=O) groups is 2. The van der Waals surface area contributed by atoms with Crippen LogP contribution in [-0.2, 0) is 9.53 Å². The Balaban J connectivity index is 1.65. The van der Waals surface area contributed by atoms with Crippen LogP contribution in [0.15, 0.2) is 54.6 Å². The Morgan fingerprint density at radius 3 is 2.55 bits per heavy atom. The molecule has 1 aliphatic heterocycles. The fourth-order valence-corrected chi connectivity index (χ4v) is 5.27. The molecule has 2 aromatic rings. The van der Waals surface area contributed by atoms with Gasteiger partial charge in [-0.1, -0.05) is 61.4 Å². The van der Waals surface area contributed by atoms with Gasteiger partial charge < -0.3 is 20.1 Å². The lowest BCUT2D eigenvalue weighted by Gasteiger charge is -2.50. The number of aliphatic hydroxyl groups excluding tert-OH is 1. The zero-order valence-corrected chi connectivity index (χ0v) is 17.9. The van der Waals surface area contributed by atoms with Gasteiger partial charge in [0, 0.05) is 25.8 Å². The van der Waals surface area contributed by atoms with Gasteiger partial charge in [0.15, 0.2) is 0 Å². The van der Waals surface area contributed by atoms with Crippen molar-refractivity contribution in [3.8, 4) is 0 Å². The van der Waals surface area contributed by atoms with E-state index in [1.54, 1.807) is 13.2 Å². The standard InChI is InChI=1S/C25H30N2O4/c1-31-16-15-27-24(30)20-12-6-5-11-19(20)22(25(27)13-7-8-14-25)23(29)26-17-21(28)18-9-3-2-4-10-18/h2-6,9-12,21-22,28H,7-8,13-17H2,1H3,(H,26,29). The molecule has 2 aliphatic rings. The molecule has 4 rings (SSSR count). The number of ether oxygens (including phenoxy) is 1. The molecule has 0 saturated heterocycles. The highest BCUT2D eigenvalue weighted by atomic mass is 16.5. The number of hydrogen-bond donors (Lipinski definition) is 2. The van der Waals surface area contributed by atoms with Gasteiger partial charge in [-0.15, -0.1) is 0 Å². The minimum Gasteiger partial charge on any atom is -0.387 e. The summed E-state index contributed by atoms with van der Waals surface area (Å²) >= 11 is 0. The number of methoxy groups -OCH3 is 1. The molecule has 0 aromatic heterocycles. The first-order chi connectivity index (χ1) is 15.1. The minimum absolute atomic E-state index is 0.0251. The molecule has 2 unspecified atom stereocenters. The first-order valence-electron chi connectivity index (χ1n) is 11.0. The molecule has 2 aromatic carbocycles. The monoisotopic (exact) mass is 422 g/mol. The predicted octanol–water partition coefficient (Wildman–Crippen LogP) is 3.04. The van der Waals surface area contributed by atoms with E-state index in [0.717, 1.165) is 36.8 Å². The molecule has 1 saturated carbocycles. The normalized spacial score (nSPS) is 20.5. The predicted molar refractivity (Wildman–Crippen MR) is 118 cm³/mol. The van der Waals surface area contributed by atoms with Crippen molar-refractivity contribution in [2.24, 2.45) is 0 Å². The number of carbonyl (C=O) groups excluding carboxylic acids is 2. The summed E-state index contributed by atoms with van der Waals surface area (Å²) in [5, 5.41) is 13.5. The maximum absolute atomic E-state index is 13.6. The molecule has 0 bridgehead atoms. The first-order valence-corrected chi connectivity index (χ1v) is 11.0. The highest BCUT2D eigenvalue weighted by Gasteiger charge is 2.55. The van der Waals surface area contributed by atoms with E-state index in [2.05, 4.69) is 5.32 Å². The van der Waals surface area contributed by atoms with Gasteiger partial charge in [-0.05, 0) is 30.0 Å². The fraction of sp³-hybridized carbons (Fsp3) is 0.440. The Labute approximate surface area is 183 Å². The van der Waals surface area contributed by atoms with Crippen molar-refractivity contribution >= 4 is 11.8 Å². The van der Waals surface area contributed by atoms with E-state index in [9.17, 15) is 14.7 Å². The quantitative estimate of drug-likeness (QED) is 0.719. The third kappa shape index (κ3) is 3.98. The lowest BCUT2D eigenvalue weighted by molar-refractivity contribution is -0.127. The van der Waals surface area contributed by atoms with Crippen LogP contribution in [0.5, 0.6) is 0 Å². The van der Waals surface area contributed by atoms with Crippen LogP contribution in [0, 0.1) is 0 Å². The smallest absolute Gasteiger partial charge is 0.254 e. The molecule has 164 valence electrons. The average molecular weight is 423 g/mol. The molecule has 2 atom stereocenters. The summed E-state index contributed by atoms with van der Waals surface area (Å²) in [5.74, 6) is -0.633. The Hall–Kier alpha value is -2.70. The lowest BCUT2D eigenvalue weighted by atomic mass is 9.71. The van der Waals surface area contributed by atoms with Crippen LogP contribution in [0.25, 0.3) is 0 Å². The van der Waals surface area contributed by atoms with Crippen molar-refractivity contribution in [1.29, 1.82) is 0 Å². The number of rotatable bonds is 7. The molecule has 31 heavy (non-hydrogen) atoms. The van der Waals surface area contributed by atoms with Crippen LogP contribution in [-0.4, -0.2) is 54.2 Å². The third-order valence-corrected chi connectivity index (χ3v) is 6.73. The van der Waals surface area contributed by atoms with Gasteiger partial charge in [-0.3, -0.25) is 9.59 Å². The van der Waals surface area contributed by atoms with Crippen LogP contribution in [0.4, 0.5) is 0 Å². The number of fused-ring (bicyclic) bond motifs is 1. The summed E-state index contributed by atoms with van der Waals surface area (Å²) in [6, 6.07) is 16.7. The second-order valence-electron chi connectivity index (χ2n) is 8.45. The molecule has 2 N–H and O–H groups in total. The average Bonchev–Trinajstić information content (AvgIpc) is 3.28. The van der Waals surface area contributed by atoms with E-state index >= 15 is 0 Å². The Bertz CT molecular complexity index is 924. The first kappa shape index (κ1) is 21.5. The topological polar surface area (TPSA) is 78.9 Å². The van der Waals surface area contributed by atoms with E-state index in [4.69, 9.17) is 4.74 Å². The zero-order valence-electron chi connectivity index (χ0n) is 17.9. The number of nitrogens with one attached hydrogen (secondary N) is 1. The maximum atomic E-state index is 13.6. The van der Waals surface area contributed by atoms with Crippen LogP contribution >= 0.6 is 0 Å². The molecule has 1 aliphatic carbocycles. The van der Waals surface area contributed by atoms with Gasteiger partial charge in [0.05, 0.1) is 24.2 Å². The van der Waals surface area contributed by atoms with Gasteiger partial charge in [-0.25, -0.2) is 0 Å². The maximum Gasteiger partial charge on any atom is 0.254 e. The number of amides is 2. The molecule has 6 nitrogen and oxygen atoms in total. The molecular formula is C25H30N2O4. The minimum atomic E-state index is -0.783. The van der Waals surface area contributed by atoms with E-state index in [1.807, 2.05) is 53.4 Å². The van der Waals surface area contributed by atoms with Gasteiger partial charge in [0.2, 0.25) is 5.91 Å². The SMILES string of the molecule is COCCN1C(=O)c2ccccc2C(C(=O)NCC(O)c2ccccc2)C12CCCC2. The molecular weight excluding hydrogens is 392 g/mol. The molecule has 1 heterocycles. The number of nitrogens with zero attached hydrogens (tertiary/aromatic N) is 1. The Kier molecular flexibility index (Phi) is 6.39. The molecule has 2 amide bonds. The van der Waals surface area contributed by atoms with Gasteiger partial charge >= 0.3 is 0 Å². The van der Waals surface area contributed by atoms with Crippen molar-refractivity contribution in [2.45, 2.75) is 43.2 Å². The van der Waals surface area contributed by atoms with Crippen LogP contribution < -0.4 is 5.32 Å². The summed E-state index contributed by atoms with van der Waals surface area (Å²) in [5.41, 5.74) is 1.58. The Morgan fingerprint density at radius 1 is 1.16 bits per heavy atom. The number of benzene rings is 2. The summed E-state index contributed by atoms with van der Waals surface area (Å²) in [6.45, 7) is 1.01. The van der Waals surface area contributed by atoms with Gasteiger partial charge in [0.25, 0.3) is 5.91 Å². The molecule has 1 spiro atoms. The molecule has 1 fully saturated rings. The fourth-order valence-electron chi connectivity index (χ4n) is 5.27. The Morgan fingerprint density at radius 2 is 1.84 bits per heavy atom. The third-order valence-electron chi connectivity index (χ3n) is 6.73. The highest BCUT2D eigenvalue weighted by Crippen LogP contribution is 2.50. The number of aliphatic hydroxyl groups is 1. The van der Waals surface area contributed by atoms with Crippen molar-refractivity contribution < 1.29 is 19.4 Å². The highest BCUT2D eigenvalue weighted by molar-refractivity contribution is 6.02. The van der Waals surface area contributed by atoms with E-state index in [-0.39, 0.29) is 18.4 Å². The van der Waals surface area contributed by atoms with Crippen LogP contribution in [0.3, 0.4) is 0 Å². The van der Waals surface area contributed by atoms with Crippen molar-refractivity contribution in [3.63, 3.8) is 0 Å². The van der Waals surface area contributed by atoms with Crippen LogP contribution in [0.1, 0.15) is 59.2 Å². The summed E-state index contributed by atoms with van der Waals surface area (Å²) in [6.07, 6.45) is 2.76. The van der Waals surface area contributed by atoms with Crippen LogP contribution in [0.2, 0.25) is 0 Å². The summed E-state index contributed by atoms with van der Waals surface area (Å²) in [4.78, 5) is 28.9. The van der Waals surface area contributed by atoms with Crippen molar-refractivity contribution in [1.82, 2.24) is 10.2 Å². The van der Waals surface area contributed by atoms with Gasteiger partial charge in [0.1, 0.15) is 0 Å². The second-order valence-corrected chi connectivity index (χ2v) is 8.45. The van der Waals surface area contributed by atoms with Crippen molar-refractivity contribution in [2.75, 3.05) is 26.8 Å². The zero-order chi connectivity index (χ0) is 21.8. The largest absolute Gasteiger partial charge is 0.387 e. The van der Waals surface area contributed by atoms with Gasteiger partial charge in [-0.2, -0.15) is 0 Å². The number of hydrogen-bond acceptors (Lipinski definition) is 4. The molecule has 0 radical (unpaired) electrons. The van der Waals surface area contributed by atoms with E-state index < -0.39 is 17.6 Å². The van der Waals surface area contributed by atoms with Crippen molar-refractivity contribution in [3.05, 3.63) is 71.3 Å². The second kappa shape index (κ2) is 9.20. The van der Waals surface area contributed by atoms with E-state index in [1.165, 1.54) is 0 Å². The van der Waals surface area contributed by atoms with E-state index in [0.29, 0.717) is 18.7 Å². The summed E-state index contributed by atoms with van der Waals surface area (Å²) in [7, 11) is 1.62. The summed E-state index contributed by atoms with van der Waals surface area (Å²) < 4.78 is 5.28.